The summed E-state index contributed by atoms with van der Waals surface area (Å²) < 4.78 is 13.1. The fourth-order valence-electron chi connectivity index (χ4n) is 1.85. The van der Waals surface area contributed by atoms with E-state index in [1.54, 1.807) is 0 Å². The lowest BCUT2D eigenvalue weighted by Gasteiger charge is -2.19. The summed E-state index contributed by atoms with van der Waals surface area (Å²) in [6, 6.07) is 3.29. The third-order valence-corrected chi connectivity index (χ3v) is 2.66. The molecule has 1 unspecified atom stereocenters. The SMILES string of the molecule is CCCC(CC(=O)O)Nc1ccc(F)cc1C(N)=O. The Morgan fingerprint density at radius 2 is 2.16 bits per heavy atom. The van der Waals surface area contributed by atoms with Crippen LogP contribution >= 0.6 is 0 Å². The molecule has 19 heavy (non-hydrogen) atoms. The van der Waals surface area contributed by atoms with Gasteiger partial charge in [0.25, 0.3) is 5.91 Å². The molecule has 0 bridgehead atoms. The molecule has 0 saturated heterocycles. The predicted molar refractivity (Wildman–Crippen MR) is 69.5 cm³/mol. The first-order valence-electron chi connectivity index (χ1n) is 6.01. The molecule has 0 aliphatic heterocycles. The van der Waals surface area contributed by atoms with Crippen LogP contribution in [0.25, 0.3) is 0 Å². The molecule has 0 aliphatic carbocycles. The van der Waals surface area contributed by atoms with Crippen molar-refractivity contribution < 1.29 is 19.1 Å². The zero-order valence-electron chi connectivity index (χ0n) is 10.6. The molecule has 6 heteroatoms. The molecule has 0 radical (unpaired) electrons. The van der Waals surface area contributed by atoms with E-state index in [1.807, 2.05) is 6.92 Å². The minimum absolute atomic E-state index is 0.0199. The number of carboxylic acid groups (broad SMARTS) is 1. The number of aliphatic carboxylic acids is 1. The normalized spacial score (nSPS) is 11.9. The molecule has 0 aromatic heterocycles. The third-order valence-electron chi connectivity index (χ3n) is 2.66. The first-order valence-corrected chi connectivity index (χ1v) is 6.01. The van der Waals surface area contributed by atoms with Crippen molar-refractivity contribution in [2.24, 2.45) is 5.73 Å². The second-order valence-corrected chi connectivity index (χ2v) is 4.28. The molecule has 1 atom stereocenters. The summed E-state index contributed by atoms with van der Waals surface area (Å²) in [5, 5.41) is 11.8. The lowest BCUT2D eigenvalue weighted by molar-refractivity contribution is -0.137. The van der Waals surface area contributed by atoms with Crippen LogP contribution in [0.4, 0.5) is 10.1 Å². The second-order valence-electron chi connectivity index (χ2n) is 4.28. The fraction of sp³-hybridized carbons (Fsp3) is 0.385. The van der Waals surface area contributed by atoms with Crippen molar-refractivity contribution in [2.45, 2.75) is 32.2 Å². The van der Waals surface area contributed by atoms with Crippen molar-refractivity contribution in [3.05, 3.63) is 29.6 Å². The number of hydrogen-bond acceptors (Lipinski definition) is 3. The smallest absolute Gasteiger partial charge is 0.305 e. The van der Waals surface area contributed by atoms with Crippen molar-refractivity contribution in [1.82, 2.24) is 0 Å². The number of primary amides is 1. The molecule has 0 saturated carbocycles. The quantitative estimate of drug-likeness (QED) is 0.705. The van der Waals surface area contributed by atoms with E-state index >= 15 is 0 Å². The number of carbonyl (C=O) groups is 2. The minimum atomic E-state index is -0.936. The average Bonchev–Trinajstić information content (AvgIpc) is 2.30. The Morgan fingerprint density at radius 1 is 1.47 bits per heavy atom. The van der Waals surface area contributed by atoms with E-state index < -0.39 is 17.7 Å². The number of hydrogen-bond donors (Lipinski definition) is 3. The van der Waals surface area contributed by atoms with Gasteiger partial charge in [-0.3, -0.25) is 9.59 Å². The van der Waals surface area contributed by atoms with Gasteiger partial charge in [0.15, 0.2) is 0 Å². The van der Waals surface area contributed by atoms with Gasteiger partial charge in [0.05, 0.1) is 12.0 Å². The Labute approximate surface area is 110 Å². The molecule has 1 aromatic carbocycles. The van der Waals surface area contributed by atoms with Gasteiger partial charge in [0.1, 0.15) is 5.82 Å². The van der Waals surface area contributed by atoms with Crippen LogP contribution in [0.1, 0.15) is 36.5 Å². The number of nitrogens with one attached hydrogen (secondary N) is 1. The van der Waals surface area contributed by atoms with Crippen LogP contribution in [-0.2, 0) is 4.79 Å². The average molecular weight is 268 g/mol. The maximum Gasteiger partial charge on any atom is 0.305 e. The van der Waals surface area contributed by atoms with E-state index in [4.69, 9.17) is 10.8 Å². The van der Waals surface area contributed by atoms with E-state index in [0.717, 1.165) is 12.5 Å². The number of rotatable bonds is 7. The highest BCUT2D eigenvalue weighted by Gasteiger charge is 2.16. The maximum atomic E-state index is 13.1. The van der Waals surface area contributed by atoms with Crippen molar-refractivity contribution in [3.63, 3.8) is 0 Å². The van der Waals surface area contributed by atoms with Crippen LogP contribution in [0.2, 0.25) is 0 Å². The molecule has 0 heterocycles. The summed E-state index contributed by atoms with van der Waals surface area (Å²) in [6.07, 6.45) is 1.34. The number of amides is 1. The third kappa shape index (κ3) is 4.57. The number of carbonyl (C=O) groups excluding carboxylic acids is 1. The number of nitrogens with two attached hydrogens (primary N) is 1. The van der Waals surface area contributed by atoms with E-state index in [9.17, 15) is 14.0 Å². The summed E-state index contributed by atoms with van der Waals surface area (Å²) in [7, 11) is 0. The number of anilines is 1. The zero-order chi connectivity index (χ0) is 14.4. The molecule has 5 nitrogen and oxygen atoms in total. The summed E-state index contributed by atoms with van der Waals surface area (Å²) in [4.78, 5) is 22.0. The fourth-order valence-corrected chi connectivity index (χ4v) is 1.85. The van der Waals surface area contributed by atoms with Crippen LogP contribution in [-0.4, -0.2) is 23.0 Å². The Hall–Kier alpha value is -2.11. The van der Waals surface area contributed by atoms with Gasteiger partial charge in [-0.05, 0) is 24.6 Å². The van der Waals surface area contributed by atoms with E-state index in [0.29, 0.717) is 12.1 Å². The minimum Gasteiger partial charge on any atom is -0.481 e. The predicted octanol–water partition coefficient (Wildman–Crippen LogP) is 1.98. The molecule has 1 aromatic rings. The number of benzene rings is 1. The Morgan fingerprint density at radius 3 is 2.68 bits per heavy atom. The van der Waals surface area contributed by atoms with Crippen molar-refractivity contribution in [3.8, 4) is 0 Å². The van der Waals surface area contributed by atoms with Gasteiger partial charge >= 0.3 is 5.97 Å². The molecule has 0 aliphatic rings. The first kappa shape index (κ1) is 14.9. The molecular weight excluding hydrogens is 251 g/mol. The van der Waals surface area contributed by atoms with Gasteiger partial charge in [-0.25, -0.2) is 4.39 Å². The van der Waals surface area contributed by atoms with Gasteiger partial charge in [-0.15, -0.1) is 0 Å². The summed E-state index contributed by atoms with van der Waals surface area (Å²) in [6.45, 7) is 1.93. The summed E-state index contributed by atoms with van der Waals surface area (Å²) in [5.41, 5.74) is 5.55. The van der Waals surface area contributed by atoms with Crippen LogP contribution < -0.4 is 11.1 Å². The van der Waals surface area contributed by atoms with Crippen LogP contribution in [0.3, 0.4) is 0 Å². The zero-order valence-corrected chi connectivity index (χ0v) is 10.6. The topological polar surface area (TPSA) is 92.4 Å². The van der Waals surface area contributed by atoms with Gasteiger partial charge in [-0.1, -0.05) is 13.3 Å². The van der Waals surface area contributed by atoms with Gasteiger partial charge < -0.3 is 16.2 Å². The highest BCUT2D eigenvalue weighted by molar-refractivity contribution is 5.98. The Bertz CT molecular complexity index is 477. The monoisotopic (exact) mass is 268 g/mol. The van der Waals surface area contributed by atoms with E-state index in [2.05, 4.69) is 5.32 Å². The maximum absolute atomic E-state index is 13.1. The van der Waals surface area contributed by atoms with Gasteiger partial charge in [0, 0.05) is 11.7 Å². The standard InChI is InChI=1S/C13H17FN2O3/c1-2-3-9(7-12(17)18)16-11-5-4-8(14)6-10(11)13(15)19/h4-6,9,16H,2-3,7H2,1H3,(H2,15,19)(H,17,18). The molecule has 1 rings (SSSR count). The van der Waals surface area contributed by atoms with Crippen LogP contribution in [0.15, 0.2) is 18.2 Å². The van der Waals surface area contributed by atoms with Crippen molar-refractivity contribution in [2.75, 3.05) is 5.32 Å². The molecule has 104 valence electrons. The molecule has 0 spiro atoms. The molecule has 1 amide bonds. The lowest BCUT2D eigenvalue weighted by atomic mass is 10.1. The summed E-state index contributed by atoms with van der Waals surface area (Å²) >= 11 is 0. The van der Waals surface area contributed by atoms with E-state index in [1.165, 1.54) is 12.1 Å². The van der Waals surface area contributed by atoms with Gasteiger partial charge in [-0.2, -0.15) is 0 Å². The molecule has 0 fully saturated rings. The highest BCUT2D eigenvalue weighted by atomic mass is 19.1. The number of carboxylic acids is 1. The van der Waals surface area contributed by atoms with Crippen LogP contribution in [0, 0.1) is 5.82 Å². The highest BCUT2D eigenvalue weighted by Crippen LogP contribution is 2.19. The molecule has 4 N–H and O–H groups in total. The molecular formula is C13H17FN2O3. The van der Waals surface area contributed by atoms with Crippen molar-refractivity contribution in [1.29, 1.82) is 0 Å². The Kier molecular flexibility index (Phi) is 5.29. The largest absolute Gasteiger partial charge is 0.481 e. The van der Waals surface area contributed by atoms with Crippen molar-refractivity contribution >= 4 is 17.6 Å². The lowest BCUT2D eigenvalue weighted by Crippen LogP contribution is -2.25. The first-order chi connectivity index (χ1) is 8.93. The number of halogens is 1. The van der Waals surface area contributed by atoms with Gasteiger partial charge in [0.2, 0.25) is 0 Å². The summed E-state index contributed by atoms with van der Waals surface area (Å²) in [5.74, 6) is -2.26. The Balaban J connectivity index is 2.95. The van der Waals surface area contributed by atoms with E-state index in [-0.39, 0.29) is 18.0 Å². The second kappa shape index (κ2) is 6.72. The van der Waals surface area contributed by atoms with Crippen LogP contribution in [0.5, 0.6) is 0 Å².